The molecule has 2 aromatic carbocycles. The van der Waals surface area contributed by atoms with E-state index in [4.69, 9.17) is 4.74 Å². The van der Waals surface area contributed by atoms with Crippen LogP contribution in [0.15, 0.2) is 54.1 Å². The van der Waals surface area contributed by atoms with E-state index in [1.807, 2.05) is 49.4 Å². The quantitative estimate of drug-likeness (QED) is 0.435. The fraction of sp³-hybridized carbons (Fsp3) is 0.261. The van der Waals surface area contributed by atoms with Crippen LogP contribution in [0.4, 0.5) is 5.69 Å². The molecule has 1 N–H and O–H groups in total. The molecule has 28 heavy (non-hydrogen) atoms. The Morgan fingerprint density at radius 2 is 1.79 bits per heavy atom. The number of carbonyl (C=O) groups is 2. The Kier molecular flexibility index (Phi) is 7.53. The van der Waals surface area contributed by atoms with Gasteiger partial charge in [0, 0.05) is 5.69 Å². The first-order valence-electron chi connectivity index (χ1n) is 9.18. The number of aryl methyl sites for hydroxylation is 1. The maximum absolute atomic E-state index is 12.1. The average Bonchev–Trinajstić information content (AvgIpc) is 2.71. The second-order valence-electron chi connectivity index (χ2n) is 6.64. The van der Waals surface area contributed by atoms with Crippen LogP contribution in [0.5, 0.6) is 0 Å². The Hall–Kier alpha value is -3.39. The number of benzene rings is 2. The molecule has 0 unspecified atom stereocenters. The molecule has 0 aliphatic carbocycles. The van der Waals surface area contributed by atoms with E-state index in [9.17, 15) is 14.9 Å². The smallest absolute Gasteiger partial charge is 0.349 e. The summed E-state index contributed by atoms with van der Waals surface area (Å²) in [6.07, 6.45) is 2.48. The van der Waals surface area contributed by atoms with Crippen molar-refractivity contribution in [2.75, 3.05) is 11.9 Å². The third-order valence-electron chi connectivity index (χ3n) is 4.44. The van der Waals surface area contributed by atoms with Crippen LogP contribution in [0.25, 0.3) is 6.08 Å². The molecule has 144 valence electrons. The van der Waals surface area contributed by atoms with E-state index in [-0.39, 0.29) is 5.57 Å². The van der Waals surface area contributed by atoms with Crippen molar-refractivity contribution in [1.29, 1.82) is 5.26 Å². The lowest BCUT2D eigenvalue weighted by Crippen LogP contribution is -2.21. The van der Waals surface area contributed by atoms with Crippen molar-refractivity contribution in [1.82, 2.24) is 0 Å². The summed E-state index contributed by atoms with van der Waals surface area (Å²) in [6, 6.07) is 16.7. The van der Waals surface area contributed by atoms with E-state index in [1.54, 1.807) is 12.1 Å². The fourth-order valence-electron chi connectivity index (χ4n) is 2.50. The molecule has 0 saturated heterocycles. The van der Waals surface area contributed by atoms with Crippen LogP contribution in [0.1, 0.15) is 42.9 Å². The number of nitrogens with zero attached hydrogens (tertiary/aromatic N) is 1. The number of amides is 1. The Bertz CT molecular complexity index is 891. The largest absolute Gasteiger partial charge is 0.451 e. The van der Waals surface area contributed by atoms with Crippen molar-refractivity contribution in [2.24, 2.45) is 0 Å². The molecule has 0 spiro atoms. The van der Waals surface area contributed by atoms with Gasteiger partial charge in [-0.2, -0.15) is 5.26 Å². The molecule has 5 heteroatoms. The monoisotopic (exact) mass is 376 g/mol. The number of nitrogens with one attached hydrogen (secondary N) is 1. The third kappa shape index (κ3) is 6.10. The molecule has 2 rings (SSSR count). The number of carbonyl (C=O) groups excluding carboxylic acids is 2. The summed E-state index contributed by atoms with van der Waals surface area (Å²) in [5.41, 5.74) is 3.46. The van der Waals surface area contributed by atoms with Gasteiger partial charge in [-0.3, -0.25) is 4.79 Å². The lowest BCUT2D eigenvalue weighted by atomic mass is 9.99. The van der Waals surface area contributed by atoms with E-state index in [2.05, 4.69) is 19.2 Å². The number of nitriles is 1. The number of esters is 1. The first kappa shape index (κ1) is 20.9. The molecule has 0 radical (unpaired) electrons. The van der Waals surface area contributed by atoms with Crippen molar-refractivity contribution in [3.05, 3.63) is 70.8 Å². The Morgan fingerprint density at radius 1 is 1.14 bits per heavy atom. The summed E-state index contributed by atoms with van der Waals surface area (Å²) < 4.78 is 4.96. The topological polar surface area (TPSA) is 79.2 Å². The van der Waals surface area contributed by atoms with Crippen LogP contribution in [-0.4, -0.2) is 18.5 Å². The summed E-state index contributed by atoms with van der Waals surface area (Å²) in [4.78, 5) is 24.1. The predicted molar refractivity (Wildman–Crippen MR) is 110 cm³/mol. The third-order valence-corrected chi connectivity index (χ3v) is 4.44. The molecular formula is C23H24N2O3. The van der Waals surface area contributed by atoms with Crippen LogP contribution in [0, 0.1) is 18.3 Å². The van der Waals surface area contributed by atoms with Gasteiger partial charge >= 0.3 is 5.97 Å². The number of rotatable bonds is 7. The van der Waals surface area contributed by atoms with E-state index in [1.165, 1.54) is 11.6 Å². The minimum Gasteiger partial charge on any atom is -0.451 e. The second-order valence-corrected chi connectivity index (χ2v) is 6.64. The van der Waals surface area contributed by atoms with E-state index >= 15 is 0 Å². The molecule has 0 fully saturated rings. The number of anilines is 1. The summed E-state index contributed by atoms with van der Waals surface area (Å²) in [6.45, 7) is 5.75. The highest BCUT2D eigenvalue weighted by Gasteiger charge is 2.13. The van der Waals surface area contributed by atoms with Crippen molar-refractivity contribution >= 4 is 23.6 Å². The minimum atomic E-state index is -0.828. The molecule has 0 aliphatic rings. The standard InChI is InChI=1S/C23H24N2O3/c1-4-17(3)19-9-11-21(12-10-19)25-22(26)15-28-23(27)20(14-24)13-18-7-5-16(2)6-8-18/h5-13,17H,4,15H2,1-3H3,(H,25,26)/b20-13+/t17-/m1/s1. The molecular weight excluding hydrogens is 352 g/mol. The number of ether oxygens (including phenoxy) is 1. The van der Waals surface area contributed by atoms with E-state index < -0.39 is 18.5 Å². The predicted octanol–water partition coefficient (Wildman–Crippen LogP) is 4.60. The molecule has 0 bridgehead atoms. The van der Waals surface area contributed by atoms with Gasteiger partial charge in [0.1, 0.15) is 11.6 Å². The van der Waals surface area contributed by atoms with Gasteiger partial charge in [0.25, 0.3) is 5.91 Å². The van der Waals surface area contributed by atoms with Gasteiger partial charge in [-0.25, -0.2) is 4.79 Å². The molecule has 0 aromatic heterocycles. The highest BCUT2D eigenvalue weighted by molar-refractivity contribution is 6.00. The van der Waals surface area contributed by atoms with Gasteiger partial charge in [0.15, 0.2) is 6.61 Å². The van der Waals surface area contributed by atoms with Crippen molar-refractivity contribution in [3.8, 4) is 6.07 Å². The van der Waals surface area contributed by atoms with Gasteiger partial charge < -0.3 is 10.1 Å². The zero-order valence-corrected chi connectivity index (χ0v) is 16.4. The van der Waals surface area contributed by atoms with Crippen LogP contribution in [0.2, 0.25) is 0 Å². The summed E-state index contributed by atoms with van der Waals surface area (Å²) in [5, 5.41) is 11.9. The second kappa shape index (κ2) is 10.1. The van der Waals surface area contributed by atoms with Crippen molar-refractivity contribution in [3.63, 3.8) is 0 Å². The number of hydrogen-bond donors (Lipinski definition) is 1. The molecule has 5 nitrogen and oxygen atoms in total. The van der Waals surface area contributed by atoms with Crippen LogP contribution < -0.4 is 5.32 Å². The maximum atomic E-state index is 12.1. The summed E-state index contributed by atoms with van der Waals surface area (Å²) >= 11 is 0. The first-order valence-corrected chi connectivity index (χ1v) is 9.18. The zero-order valence-electron chi connectivity index (χ0n) is 16.4. The molecule has 0 saturated carbocycles. The SMILES string of the molecule is CC[C@@H](C)c1ccc(NC(=O)COC(=O)/C(C#N)=C/c2ccc(C)cc2)cc1. The summed E-state index contributed by atoms with van der Waals surface area (Å²) in [7, 11) is 0. The Morgan fingerprint density at radius 3 is 2.36 bits per heavy atom. The molecule has 0 heterocycles. The molecule has 2 aromatic rings. The lowest BCUT2D eigenvalue weighted by molar-refractivity contribution is -0.142. The van der Waals surface area contributed by atoms with E-state index in [0.29, 0.717) is 17.2 Å². The maximum Gasteiger partial charge on any atom is 0.349 e. The van der Waals surface area contributed by atoms with Gasteiger partial charge in [-0.05, 0) is 48.6 Å². The zero-order chi connectivity index (χ0) is 20.5. The Balaban J connectivity index is 1.91. The van der Waals surface area contributed by atoms with Crippen molar-refractivity contribution < 1.29 is 14.3 Å². The average molecular weight is 376 g/mol. The van der Waals surface area contributed by atoms with Crippen LogP contribution in [0.3, 0.4) is 0 Å². The first-order chi connectivity index (χ1) is 13.4. The lowest BCUT2D eigenvalue weighted by Gasteiger charge is -2.10. The Labute approximate surface area is 165 Å². The highest BCUT2D eigenvalue weighted by atomic mass is 16.5. The molecule has 1 atom stereocenters. The van der Waals surface area contributed by atoms with Crippen molar-refractivity contribution in [2.45, 2.75) is 33.1 Å². The minimum absolute atomic E-state index is 0.158. The molecule has 1 amide bonds. The normalized spacial score (nSPS) is 12.0. The number of hydrogen-bond acceptors (Lipinski definition) is 4. The molecule has 0 aliphatic heterocycles. The fourth-order valence-corrected chi connectivity index (χ4v) is 2.50. The highest BCUT2D eigenvalue weighted by Crippen LogP contribution is 2.20. The van der Waals surface area contributed by atoms with Gasteiger partial charge in [-0.1, -0.05) is 55.8 Å². The summed E-state index contributed by atoms with van der Waals surface area (Å²) in [5.74, 6) is -0.835. The van der Waals surface area contributed by atoms with E-state index in [0.717, 1.165) is 12.0 Å². The van der Waals surface area contributed by atoms with Gasteiger partial charge in [0.05, 0.1) is 0 Å². The van der Waals surface area contributed by atoms with Crippen LogP contribution in [-0.2, 0) is 14.3 Å². The van der Waals surface area contributed by atoms with Gasteiger partial charge in [0.2, 0.25) is 0 Å². The van der Waals surface area contributed by atoms with Crippen LogP contribution >= 0.6 is 0 Å². The van der Waals surface area contributed by atoms with Gasteiger partial charge in [-0.15, -0.1) is 0 Å².